The molecule has 0 aromatic heterocycles. The third-order valence-electron chi connectivity index (χ3n) is 1.45. The minimum atomic E-state index is -3.10. The molecular weight excluding hydrogens is 239 g/mol. The molecule has 1 aromatic carbocycles. The molecule has 0 radical (unpaired) electrons. The van der Waals surface area contributed by atoms with Crippen molar-refractivity contribution in [1.82, 2.24) is 5.06 Å². The molecule has 1 rings (SSSR count). The molecule has 0 fully saturated rings. The van der Waals surface area contributed by atoms with Crippen LogP contribution in [0.3, 0.4) is 0 Å². The molecule has 15 heavy (non-hydrogen) atoms. The van der Waals surface area contributed by atoms with Gasteiger partial charge in [-0.05, 0) is 18.2 Å². The van der Waals surface area contributed by atoms with Crippen molar-refractivity contribution in [2.75, 3.05) is 19.3 Å². The Labute approximate surface area is 106 Å². The van der Waals surface area contributed by atoms with Crippen LogP contribution in [0.25, 0.3) is 0 Å². The first-order chi connectivity index (χ1) is 9.40. The van der Waals surface area contributed by atoms with Gasteiger partial charge in [0.15, 0.2) is 0 Å². The molecule has 2 amide bonds. The van der Waals surface area contributed by atoms with E-state index in [0.29, 0.717) is 0 Å². The van der Waals surface area contributed by atoms with Gasteiger partial charge in [-0.2, -0.15) is 0 Å². The number of hydroxylamine groups is 2. The molecule has 1 aromatic rings. The summed E-state index contributed by atoms with van der Waals surface area (Å²) in [4.78, 5) is 16.0. The smallest absolute Gasteiger partial charge is 0.306 e. The maximum Gasteiger partial charge on any atom is 0.345 e. The third-order valence-corrected chi connectivity index (χ3v) is 2.19. The summed E-state index contributed by atoms with van der Waals surface area (Å²) in [5.74, 6) is 0. The number of benzene rings is 1. The molecule has 0 atom stereocenters. The summed E-state index contributed by atoms with van der Waals surface area (Å²) in [5.41, 5.74) is 0.123. The zero-order chi connectivity index (χ0) is 16.4. The van der Waals surface area contributed by atoms with Gasteiger partial charge in [0, 0.05) is 16.8 Å². The van der Waals surface area contributed by atoms with Crippen LogP contribution in [0.1, 0.15) is 8.22 Å². The molecule has 0 aliphatic rings. The number of anilines is 1. The van der Waals surface area contributed by atoms with Gasteiger partial charge in [0.2, 0.25) is 0 Å². The average molecular weight is 255 g/mol. The summed E-state index contributed by atoms with van der Waals surface area (Å²) in [5, 5.41) is 2.28. The van der Waals surface area contributed by atoms with E-state index in [-0.39, 0.29) is 20.8 Å². The van der Waals surface area contributed by atoms with Gasteiger partial charge >= 0.3 is 6.03 Å². The molecule has 1 N–H and O–H groups in total. The minimum Gasteiger partial charge on any atom is -0.306 e. The fourth-order valence-electron chi connectivity index (χ4n) is 0.790. The number of rotatable bonds is 2. The topological polar surface area (TPSA) is 41.6 Å². The van der Waals surface area contributed by atoms with E-state index in [4.69, 9.17) is 31.4 Å². The van der Waals surface area contributed by atoms with Crippen LogP contribution in [0, 0.1) is 0 Å². The van der Waals surface area contributed by atoms with E-state index in [1.165, 1.54) is 18.2 Å². The quantitative estimate of drug-likeness (QED) is 0.825. The number of nitrogens with zero attached hydrogens (tertiary/aromatic N) is 1. The number of halogens is 2. The molecule has 0 spiro atoms. The highest BCUT2D eigenvalue weighted by atomic mass is 35.5. The molecule has 0 aliphatic heterocycles. The summed E-state index contributed by atoms with van der Waals surface area (Å²) >= 11 is 11.4. The highest BCUT2D eigenvalue weighted by molar-refractivity contribution is 6.42. The van der Waals surface area contributed by atoms with Gasteiger partial charge in [0.1, 0.15) is 0 Å². The molecule has 0 unspecified atom stereocenters. The minimum absolute atomic E-state index is 0.123. The van der Waals surface area contributed by atoms with Gasteiger partial charge in [0.25, 0.3) is 0 Å². The normalized spacial score (nSPS) is 17.5. The van der Waals surface area contributed by atoms with Crippen LogP contribution in [0.2, 0.25) is 10.0 Å². The second-order valence-corrected chi connectivity index (χ2v) is 3.26. The van der Waals surface area contributed by atoms with E-state index in [9.17, 15) is 4.79 Å². The van der Waals surface area contributed by atoms with Crippen molar-refractivity contribution in [2.24, 2.45) is 0 Å². The first kappa shape index (κ1) is 5.94. The van der Waals surface area contributed by atoms with Crippen molar-refractivity contribution in [2.45, 2.75) is 0 Å². The second kappa shape index (κ2) is 5.21. The van der Waals surface area contributed by atoms with Crippen molar-refractivity contribution >= 4 is 34.9 Å². The predicted molar refractivity (Wildman–Crippen MR) is 60.3 cm³/mol. The molecular formula is C9H10Cl2N2O2. The first-order valence-corrected chi connectivity index (χ1v) is 4.41. The van der Waals surface area contributed by atoms with Gasteiger partial charge in [-0.3, -0.25) is 4.84 Å². The Morgan fingerprint density at radius 3 is 2.93 bits per heavy atom. The van der Waals surface area contributed by atoms with Crippen molar-refractivity contribution in [3.05, 3.63) is 28.2 Å². The third kappa shape index (κ3) is 3.27. The number of carbonyl (C=O) groups is 1. The lowest BCUT2D eigenvalue weighted by Gasteiger charge is -2.14. The van der Waals surface area contributed by atoms with Gasteiger partial charge in [0.05, 0.1) is 21.2 Å². The Balaban J connectivity index is 2.93. The van der Waals surface area contributed by atoms with E-state index < -0.39 is 20.0 Å². The number of urea groups is 1. The van der Waals surface area contributed by atoms with Crippen molar-refractivity contribution in [3.8, 4) is 0 Å². The lowest BCUT2D eigenvalue weighted by Crippen LogP contribution is -2.30. The number of nitrogens with one attached hydrogen (secondary N) is 1. The maximum absolute atomic E-state index is 11.8. The van der Waals surface area contributed by atoms with Crippen molar-refractivity contribution in [1.29, 1.82) is 0 Å². The molecule has 0 saturated carbocycles. The van der Waals surface area contributed by atoms with Crippen molar-refractivity contribution in [3.63, 3.8) is 0 Å². The Bertz CT molecular complexity index is 534. The summed E-state index contributed by atoms with van der Waals surface area (Å²) in [6.07, 6.45) is 0. The summed E-state index contributed by atoms with van der Waals surface area (Å²) < 4.78 is 42.0. The number of amides is 2. The molecule has 0 aliphatic carbocycles. The fraction of sp³-hybridized carbons (Fsp3) is 0.222. The van der Waals surface area contributed by atoms with Crippen molar-refractivity contribution < 1.29 is 17.9 Å². The molecule has 6 heteroatoms. The van der Waals surface area contributed by atoms with E-state index in [0.717, 1.165) is 0 Å². The lowest BCUT2D eigenvalue weighted by atomic mass is 10.3. The average Bonchev–Trinajstić information content (AvgIpc) is 2.28. The second-order valence-electron chi connectivity index (χ2n) is 2.44. The van der Waals surface area contributed by atoms with Gasteiger partial charge in [-0.15, -0.1) is 0 Å². The van der Waals surface area contributed by atoms with Crippen LogP contribution in [0.15, 0.2) is 18.2 Å². The van der Waals surface area contributed by atoms with E-state index in [1.54, 1.807) is 0 Å². The Morgan fingerprint density at radius 1 is 1.53 bits per heavy atom. The standard InChI is InChI=1S/C9H10Cl2N2O2/c1-13(15-2)9(14)12-6-3-4-7(10)8(11)5-6/h3-5H,1-2H3,(H,12,14)/i1D3,2D3. The number of hydrogen-bond donors (Lipinski definition) is 1. The number of hydrogen-bond acceptors (Lipinski definition) is 2. The van der Waals surface area contributed by atoms with Gasteiger partial charge < -0.3 is 5.32 Å². The van der Waals surface area contributed by atoms with Crippen LogP contribution in [-0.4, -0.2) is 25.1 Å². The zero-order valence-electron chi connectivity index (χ0n) is 13.3. The zero-order valence-corrected chi connectivity index (χ0v) is 8.76. The molecule has 0 bridgehead atoms. The highest BCUT2D eigenvalue weighted by Gasteiger charge is 2.08. The monoisotopic (exact) mass is 254 g/mol. The molecule has 0 heterocycles. The van der Waals surface area contributed by atoms with E-state index in [1.807, 2.05) is 0 Å². The van der Waals surface area contributed by atoms with Crippen LogP contribution in [-0.2, 0) is 4.84 Å². The maximum atomic E-state index is 11.8. The summed E-state index contributed by atoms with van der Waals surface area (Å²) in [7, 11) is -3.09. The first-order valence-electron chi connectivity index (χ1n) is 6.65. The SMILES string of the molecule is [2H]C([2H])([2H])ON(C(=O)Nc1ccc(Cl)c(Cl)c1)C([2H])([2H])[2H]. The summed E-state index contributed by atoms with van der Waals surface area (Å²) in [6.45, 7) is -3.10. The molecule has 0 saturated heterocycles. The highest BCUT2D eigenvalue weighted by Crippen LogP contribution is 2.25. The lowest BCUT2D eigenvalue weighted by molar-refractivity contribution is -0.0598. The Kier molecular flexibility index (Phi) is 2.06. The Hall–Kier alpha value is -0.970. The molecule has 82 valence electrons. The van der Waals surface area contributed by atoms with Crippen LogP contribution >= 0.6 is 23.2 Å². The Morgan fingerprint density at radius 2 is 2.33 bits per heavy atom. The van der Waals surface area contributed by atoms with E-state index >= 15 is 0 Å². The summed E-state index contributed by atoms with van der Waals surface area (Å²) in [6, 6.07) is 2.72. The fourth-order valence-corrected chi connectivity index (χ4v) is 1.09. The van der Waals surface area contributed by atoms with Crippen LogP contribution in [0.5, 0.6) is 0 Å². The largest absolute Gasteiger partial charge is 0.345 e. The van der Waals surface area contributed by atoms with Gasteiger partial charge in [-0.25, -0.2) is 9.86 Å². The molecule has 4 nitrogen and oxygen atoms in total. The van der Waals surface area contributed by atoms with Crippen LogP contribution < -0.4 is 5.32 Å². The predicted octanol–water partition coefficient (Wildman–Crippen LogP) is 3.02. The van der Waals surface area contributed by atoms with Crippen LogP contribution in [0.4, 0.5) is 10.5 Å². The van der Waals surface area contributed by atoms with E-state index in [2.05, 4.69) is 10.2 Å². The number of carbonyl (C=O) groups excluding carboxylic acids is 1. The van der Waals surface area contributed by atoms with Gasteiger partial charge in [-0.1, -0.05) is 23.2 Å².